The minimum Gasteiger partial charge on any atom is -0.480 e. The lowest BCUT2D eigenvalue weighted by Crippen LogP contribution is -2.55. The fourth-order valence-electron chi connectivity index (χ4n) is 2.76. The Hall–Kier alpha value is -1.79. The van der Waals surface area contributed by atoms with Gasteiger partial charge in [-0.25, -0.2) is 9.59 Å². The minimum atomic E-state index is -0.982. The number of hydrogen-bond acceptors (Lipinski definition) is 4. The van der Waals surface area contributed by atoms with Crippen LogP contribution in [0, 0.1) is 11.8 Å². The van der Waals surface area contributed by atoms with Gasteiger partial charge in [0.05, 0.1) is 13.0 Å². The molecule has 7 nitrogen and oxygen atoms in total. The van der Waals surface area contributed by atoms with Crippen LogP contribution in [0.4, 0.5) is 4.79 Å². The summed E-state index contributed by atoms with van der Waals surface area (Å²) in [4.78, 5) is 38.0. The van der Waals surface area contributed by atoms with Crippen molar-refractivity contribution in [2.75, 3.05) is 27.2 Å². The molecule has 0 radical (unpaired) electrons. The van der Waals surface area contributed by atoms with Crippen molar-refractivity contribution in [2.24, 2.45) is 11.8 Å². The lowest BCUT2D eigenvalue weighted by atomic mass is 9.91. The van der Waals surface area contributed by atoms with Crippen LogP contribution in [0.2, 0.25) is 0 Å². The zero-order valence-corrected chi connectivity index (χ0v) is 13.0. The molecule has 7 heteroatoms. The van der Waals surface area contributed by atoms with Gasteiger partial charge in [0.15, 0.2) is 0 Å². The summed E-state index contributed by atoms with van der Waals surface area (Å²) in [5.41, 5.74) is 0. The van der Waals surface area contributed by atoms with Gasteiger partial charge in [0.25, 0.3) is 0 Å². The molecule has 1 saturated heterocycles. The van der Waals surface area contributed by atoms with Gasteiger partial charge in [0.2, 0.25) is 0 Å². The number of aliphatic carboxylic acids is 1. The number of amides is 2. The van der Waals surface area contributed by atoms with Crippen molar-refractivity contribution in [3.63, 3.8) is 0 Å². The molecule has 0 saturated carbocycles. The second-order valence-electron chi connectivity index (χ2n) is 5.68. The standard InChI is InChI=1S/C14H24N2O5/c1-9-6-5-7-16(11(9)12(17)18)14(20)15(3)8-10(2)13(19)21-4/h9-11H,5-8H2,1-4H3,(H,17,18). The first kappa shape index (κ1) is 17.3. The van der Waals surface area contributed by atoms with E-state index < -0.39 is 23.9 Å². The fraction of sp³-hybridized carbons (Fsp3) is 0.786. The fourth-order valence-corrected chi connectivity index (χ4v) is 2.76. The van der Waals surface area contributed by atoms with Gasteiger partial charge in [-0.3, -0.25) is 4.79 Å². The Morgan fingerprint density at radius 3 is 2.57 bits per heavy atom. The van der Waals surface area contributed by atoms with Crippen molar-refractivity contribution in [3.8, 4) is 0 Å². The van der Waals surface area contributed by atoms with Crippen molar-refractivity contribution in [2.45, 2.75) is 32.7 Å². The molecule has 0 aromatic heterocycles. The van der Waals surface area contributed by atoms with Crippen molar-refractivity contribution < 1.29 is 24.2 Å². The largest absolute Gasteiger partial charge is 0.480 e. The number of piperidine rings is 1. The van der Waals surface area contributed by atoms with Gasteiger partial charge in [-0.2, -0.15) is 0 Å². The number of esters is 1. The summed E-state index contributed by atoms with van der Waals surface area (Å²) in [6.07, 6.45) is 1.58. The van der Waals surface area contributed by atoms with Gasteiger partial charge in [-0.05, 0) is 18.8 Å². The van der Waals surface area contributed by atoms with Gasteiger partial charge in [-0.15, -0.1) is 0 Å². The van der Waals surface area contributed by atoms with Gasteiger partial charge in [0, 0.05) is 20.1 Å². The third kappa shape index (κ3) is 4.09. The molecule has 1 aliphatic rings. The maximum atomic E-state index is 12.4. The van der Waals surface area contributed by atoms with E-state index in [-0.39, 0.29) is 18.5 Å². The average molecular weight is 300 g/mol. The number of ether oxygens (including phenoxy) is 1. The molecule has 1 heterocycles. The second-order valence-corrected chi connectivity index (χ2v) is 5.68. The van der Waals surface area contributed by atoms with Crippen molar-refractivity contribution >= 4 is 18.0 Å². The maximum Gasteiger partial charge on any atom is 0.326 e. The highest BCUT2D eigenvalue weighted by Crippen LogP contribution is 2.24. The summed E-state index contributed by atoms with van der Waals surface area (Å²) in [5.74, 6) is -1.90. The number of rotatable bonds is 4. The number of urea groups is 1. The summed E-state index contributed by atoms with van der Waals surface area (Å²) in [5, 5.41) is 9.33. The molecule has 2 amide bonds. The van der Waals surface area contributed by atoms with E-state index in [4.69, 9.17) is 0 Å². The predicted octanol–water partition coefficient (Wildman–Crippen LogP) is 1.03. The molecule has 120 valence electrons. The van der Waals surface area contributed by atoms with Crippen LogP contribution in [0.1, 0.15) is 26.7 Å². The molecule has 1 rings (SSSR count). The highest BCUT2D eigenvalue weighted by atomic mass is 16.5. The SMILES string of the molecule is COC(=O)C(C)CN(C)C(=O)N1CCCC(C)C1C(=O)O. The molecule has 21 heavy (non-hydrogen) atoms. The molecular formula is C14H24N2O5. The van der Waals surface area contributed by atoms with Gasteiger partial charge in [0.1, 0.15) is 6.04 Å². The van der Waals surface area contributed by atoms with Crippen molar-refractivity contribution in [1.82, 2.24) is 9.80 Å². The van der Waals surface area contributed by atoms with E-state index in [1.165, 1.54) is 16.9 Å². The third-order valence-corrected chi connectivity index (χ3v) is 3.91. The van der Waals surface area contributed by atoms with Crippen molar-refractivity contribution in [3.05, 3.63) is 0 Å². The van der Waals surface area contributed by atoms with Crippen LogP contribution in [0.5, 0.6) is 0 Å². The number of carboxylic acid groups (broad SMARTS) is 1. The normalized spacial score (nSPS) is 23.3. The molecule has 0 bridgehead atoms. The van der Waals surface area contributed by atoms with E-state index in [1.54, 1.807) is 14.0 Å². The highest BCUT2D eigenvalue weighted by Gasteiger charge is 2.38. The van der Waals surface area contributed by atoms with Gasteiger partial charge >= 0.3 is 18.0 Å². The number of likely N-dealkylation sites (tertiary alicyclic amines) is 1. The monoisotopic (exact) mass is 300 g/mol. The van der Waals surface area contributed by atoms with E-state index in [0.29, 0.717) is 6.54 Å². The Kier molecular flexibility index (Phi) is 5.99. The summed E-state index contributed by atoms with van der Waals surface area (Å²) in [7, 11) is 2.87. The van der Waals surface area contributed by atoms with Gasteiger partial charge in [-0.1, -0.05) is 13.8 Å². The topological polar surface area (TPSA) is 87.2 Å². The molecule has 0 aliphatic carbocycles. The highest BCUT2D eigenvalue weighted by molar-refractivity contribution is 5.83. The maximum absolute atomic E-state index is 12.4. The third-order valence-electron chi connectivity index (χ3n) is 3.91. The van der Waals surface area contributed by atoms with Crippen LogP contribution in [0.15, 0.2) is 0 Å². The predicted molar refractivity (Wildman–Crippen MR) is 75.7 cm³/mol. The van der Waals surface area contributed by atoms with Crippen LogP contribution in [-0.4, -0.2) is 66.2 Å². The Bertz CT molecular complexity index is 412. The second kappa shape index (κ2) is 7.28. The summed E-state index contributed by atoms with van der Waals surface area (Å²) < 4.78 is 4.63. The first-order chi connectivity index (χ1) is 9.79. The van der Waals surface area contributed by atoms with Crippen LogP contribution < -0.4 is 0 Å². The smallest absolute Gasteiger partial charge is 0.326 e. The zero-order chi connectivity index (χ0) is 16.2. The number of methoxy groups -OCH3 is 1. The van der Waals surface area contributed by atoms with Gasteiger partial charge < -0.3 is 19.6 Å². The molecule has 0 aromatic rings. The summed E-state index contributed by atoms with van der Waals surface area (Å²) in [6.45, 7) is 4.14. The number of carboxylic acids is 1. The van der Waals surface area contributed by atoms with E-state index in [9.17, 15) is 19.5 Å². The summed E-state index contributed by atoms with van der Waals surface area (Å²) >= 11 is 0. The van der Waals surface area contributed by atoms with Crippen LogP contribution in [0.25, 0.3) is 0 Å². The summed E-state index contributed by atoms with van der Waals surface area (Å²) in [6, 6.07) is -1.16. The minimum absolute atomic E-state index is 0.0772. The Morgan fingerprint density at radius 1 is 1.43 bits per heavy atom. The van der Waals surface area contributed by atoms with Crippen LogP contribution in [-0.2, 0) is 14.3 Å². The lowest BCUT2D eigenvalue weighted by molar-refractivity contribution is -0.147. The molecule has 1 aliphatic heterocycles. The number of hydrogen-bond donors (Lipinski definition) is 1. The molecule has 3 unspecified atom stereocenters. The van der Waals surface area contributed by atoms with E-state index in [2.05, 4.69) is 4.74 Å². The van der Waals surface area contributed by atoms with E-state index in [1.807, 2.05) is 6.92 Å². The molecule has 1 fully saturated rings. The quantitative estimate of drug-likeness (QED) is 0.784. The average Bonchev–Trinajstić information content (AvgIpc) is 2.44. The first-order valence-electron chi connectivity index (χ1n) is 7.12. The first-order valence-corrected chi connectivity index (χ1v) is 7.12. The molecular weight excluding hydrogens is 276 g/mol. The van der Waals surface area contributed by atoms with Crippen molar-refractivity contribution in [1.29, 1.82) is 0 Å². The molecule has 1 N–H and O–H groups in total. The Labute approximate surface area is 124 Å². The molecule has 0 spiro atoms. The Balaban J connectivity index is 2.75. The van der Waals surface area contributed by atoms with E-state index >= 15 is 0 Å². The van der Waals surface area contributed by atoms with E-state index in [0.717, 1.165) is 12.8 Å². The lowest BCUT2D eigenvalue weighted by Gasteiger charge is -2.39. The Morgan fingerprint density at radius 2 is 2.05 bits per heavy atom. The number of nitrogens with zero attached hydrogens (tertiary/aromatic N) is 2. The van der Waals surface area contributed by atoms with Crippen LogP contribution >= 0.6 is 0 Å². The number of carbonyl (C=O) groups excluding carboxylic acids is 2. The zero-order valence-electron chi connectivity index (χ0n) is 13.0. The van der Waals surface area contributed by atoms with Crippen LogP contribution in [0.3, 0.4) is 0 Å². The molecule has 3 atom stereocenters. The molecule has 0 aromatic carbocycles. The number of carbonyl (C=O) groups is 3.